The van der Waals surface area contributed by atoms with Gasteiger partial charge in [-0.1, -0.05) is 30.3 Å². The summed E-state index contributed by atoms with van der Waals surface area (Å²) in [5.74, 6) is 1.78. The number of nitrogens with zero attached hydrogens (tertiary/aromatic N) is 1. The molecule has 0 aliphatic carbocycles. The van der Waals surface area contributed by atoms with Crippen LogP contribution in [0.15, 0.2) is 48.5 Å². The molecule has 3 rings (SSSR count). The summed E-state index contributed by atoms with van der Waals surface area (Å²) in [6, 6.07) is 17.1. The first-order valence-electron chi connectivity index (χ1n) is 9.21. The fraction of sp³-hybridized carbons (Fsp3) is 0.429. The molecule has 1 atom stereocenters. The highest BCUT2D eigenvalue weighted by molar-refractivity contribution is 5.60. The molecule has 1 saturated heterocycles. The van der Waals surface area contributed by atoms with Crippen molar-refractivity contribution in [3.63, 3.8) is 0 Å². The van der Waals surface area contributed by atoms with Gasteiger partial charge in [0, 0.05) is 31.7 Å². The predicted octanol–water partition coefficient (Wildman–Crippen LogP) is 4.17. The maximum absolute atomic E-state index is 5.77. The van der Waals surface area contributed by atoms with Gasteiger partial charge in [-0.2, -0.15) is 0 Å². The molecule has 134 valence electrons. The van der Waals surface area contributed by atoms with E-state index < -0.39 is 0 Å². The minimum absolute atomic E-state index is 0.430. The molecule has 0 saturated carbocycles. The van der Waals surface area contributed by atoms with Crippen LogP contribution < -0.4 is 14.8 Å². The molecule has 0 spiro atoms. The molecule has 1 fully saturated rings. The maximum atomic E-state index is 5.77. The summed E-state index contributed by atoms with van der Waals surface area (Å²) in [5.41, 5.74) is 2.40. The number of ether oxygens (including phenoxy) is 2. The summed E-state index contributed by atoms with van der Waals surface area (Å²) in [7, 11) is 0. The molecule has 0 bridgehead atoms. The van der Waals surface area contributed by atoms with Crippen molar-refractivity contribution in [1.29, 1.82) is 0 Å². The van der Waals surface area contributed by atoms with Crippen molar-refractivity contribution in [2.45, 2.75) is 32.9 Å². The highest BCUT2D eigenvalue weighted by Crippen LogP contribution is 2.31. The molecule has 1 aliphatic rings. The molecular formula is C21H28N2O2. The zero-order valence-electron chi connectivity index (χ0n) is 15.2. The molecule has 1 heterocycles. The summed E-state index contributed by atoms with van der Waals surface area (Å²) < 4.78 is 11.4. The third-order valence-electron chi connectivity index (χ3n) is 4.44. The smallest absolute Gasteiger partial charge is 0.142 e. The standard InChI is InChI=1S/C21H28N2O2/c1-3-24-19-10-11-21(25-4-2)20(14-19)22-18-12-13-23(16-18)15-17-8-6-5-7-9-17/h5-11,14,18,22H,3-4,12-13,15-16H2,1-2H3. The van der Waals surface area contributed by atoms with Gasteiger partial charge < -0.3 is 14.8 Å². The first-order chi connectivity index (χ1) is 12.3. The van der Waals surface area contributed by atoms with Crippen molar-refractivity contribution in [2.24, 2.45) is 0 Å². The average molecular weight is 340 g/mol. The van der Waals surface area contributed by atoms with Crippen LogP contribution >= 0.6 is 0 Å². The summed E-state index contributed by atoms with van der Waals surface area (Å²) in [6.07, 6.45) is 1.14. The van der Waals surface area contributed by atoms with Gasteiger partial charge in [-0.05, 0) is 38.0 Å². The largest absolute Gasteiger partial charge is 0.494 e. The van der Waals surface area contributed by atoms with Crippen molar-refractivity contribution in [1.82, 2.24) is 4.90 Å². The first-order valence-corrected chi connectivity index (χ1v) is 9.21. The molecule has 1 N–H and O–H groups in total. The van der Waals surface area contributed by atoms with Crippen molar-refractivity contribution in [3.8, 4) is 11.5 Å². The number of benzene rings is 2. The van der Waals surface area contributed by atoms with E-state index in [1.807, 2.05) is 32.0 Å². The van der Waals surface area contributed by atoms with Crippen molar-refractivity contribution in [2.75, 3.05) is 31.6 Å². The molecule has 2 aromatic carbocycles. The van der Waals surface area contributed by atoms with Gasteiger partial charge in [0.25, 0.3) is 0 Å². The molecule has 2 aromatic rings. The van der Waals surface area contributed by atoms with E-state index in [-0.39, 0.29) is 0 Å². The highest BCUT2D eigenvalue weighted by Gasteiger charge is 2.23. The second-order valence-electron chi connectivity index (χ2n) is 6.37. The van der Waals surface area contributed by atoms with Crippen molar-refractivity contribution >= 4 is 5.69 Å². The van der Waals surface area contributed by atoms with E-state index in [4.69, 9.17) is 9.47 Å². The van der Waals surface area contributed by atoms with Gasteiger partial charge in [-0.3, -0.25) is 4.90 Å². The lowest BCUT2D eigenvalue weighted by Gasteiger charge is -2.20. The SMILES string of the molecule is CCOc1ccc(OCC)c(NC2CCN(Cc3ccccc3)C2)c1. The van der Waals surface area contributed by atoms with Crippen LogP contribution in [-0.4, -0.2) is 37.2 Å². The first kappa shape index (κ1) is 17.6. The Kier molecular flexibility index (Phi) is 6.18. The zero-order chi connectivity index (χ0) is 17.5. The number of hydrogen-bond donors (Lipinski definition) is 1. The summed E-state index contributed by atoms with van der Waals surface area (Å²) >= 11 is 0. The van der Waals surface area contributed by atoms with Crippen LogP contribution in [0, 0.1) is 0 Å². The molecule has 25 heavy (non-hydrogen) atoms. The highest BCUT2D eigenvalue weighted by atomic mass is 16.5. The molecular weight excluding hydrogens is 312 g/mol. The van der Waals surface area contributed by atoms with Crippen LogP contribution in [0.1, 0.15) is 25.8 Å². The fourth-order valence-corrected chi connectivity index (χ4v) is 3.32. The average Bonchev–Trinajstić information content (AvgIpc) is 3.05. The minimum Gasteiger partial charge on any atom is -0.494 e. The van der Waals surface area contributed by atoms with Gasteiger partial charge in [0.15, 0.2) is 0 Å². The van der Waals surface area contributed by atoms with Gasteiger partial charge in [0.1, 0.15) is 11.5 Å². The number of anilines is 1. The van der Waals surface area contributed by atoms with Crippen molar-refractivity contribution in [3.05, 3.63) is 54.1 Å². The van der Waals surface area contributed by atoms with E-state index in [9.17, 15) is 0 Å². The summed E-state index contributed by atoms with van der Waals surface area (Å²) in [5, 5.41) is 3.66. The van der Waals surface area contributed by atoms with Gasteiger partial charge in [-0.15, -0.1) is 0 Å². The zero-order valence-corrected chi connectivity index (χ0v) is 15.2. The van der Waals surface area contributed by atoms with Crippen LogP contribution in [0.3, 0.4) is 0 Å². The lowest BCUT2D eigenvalue weighted by Crippen LogP contribution is -2.26. The second kappa shape index (κ2) is 8.77. The normalized spacial score (nSPS) is 17.4. The topological polar surface area (TPSA) is 33.7 Å². The number of rotatable bonds is 8. The van der Waals surface area contributed by atoms with Crippen LogP contribution in [0.25, 0.3) is 0 Å². The van der Waals surface area contributed by atoms with Crippen LogP contribution in [0.4, 0.5) is 5.69 Å². The quantitative estimate of drug-likeness (QED) is 0.782. The molecule has 4 nitrogen and oxygen atoms in total. The van der Waals surface area contributed by atoms with E-state index in [2.05, 4.69) is 40.5 Å². The summed E-state index contributed by atoms with van der Waals surface area (Å²) in [6.45, 7) is 8.51. The van der Waals surface area contributed by atoms with Crippen LogP contribution in [0.5, 0.6) is 11.5 Å². The van der Waals surface area contributed by atoms with E-state index in [0.29, 0.717) is 19.3 Å². The monoisotopic (exact) mass is 340 g/mol. The molecule has 4 heteroatoms. The fourth-order valence-electron chi connectivity index (χ4n) is 3.32. The molecule has 0 amide bonds. The van der Waals surface area contributed by atoms with E-state index in [0.717, 1.165) is 43.2 Å². The number of hydrogen-bond acceptors (Lipinski definition) is 4. The van der Waals surface area contributed by atoms with Gasteiger partial charge in [0.2, 0.25) is 0 Å². The van der Waals surface area contributed by atoms with Gasteiger partial charge in [-0.25, -0.2) is 0 Å². The molecule has 1 aliphatic heterocycles. The van der Waals surface area contributed by atoms with E-state index in [1.54, 1.807) is 0 Å². The van der Waals surface area contributed by atoms with Crippen molar-refractivity contribution < 1.29 is 9.47 Å². The summed E-state index contributed by atoms with van der Waals surface area (Å²) in [4.78, 5) is 2.50. The lowest BCUT2D eigenvalue weighted by atomic mass is 10.2. The Morgan fingerprint density at radius 1 is 1.04 bits per heavy atom. The minimum atomic E-state index is 0.430. The molecule has 0 radical (unpaired) electrons. The Morgan fingerprint density at radius 3 is 2.60 bits per heavy atom. The Labute approximate surface area is 150 Å². The van der Waals surface area contributed by atoms with Gasteiger partial charge >= 0.3 is 0 Å². The Hall–Kier alpha value is -2.20. The van der Waals surface area contributed by atoms with Gasteiger partial charge in [0.05, 0.1) is 18.9 Å². The number of likely N-dealkylation sites (tertiary alicyclic amines) is 1. The Morgan fingerprint density at radius 2 is 1.84 bits per heavy atom. The number of nitrogens with one attached hydrogen (secondary N) is 1. The Bertz CT molecular complexity index is 660. The third-order valence-corrected chi connectivity index (χ3v) is 4.44. The Balaban J connectivity index is 1.63. The lowest BCUT2D eigenvalue weighted by molar-refractivity contribution is 0.326. The maximum Gasteiger partial charge on any atom is 0.142 e. The predicted molar refractivity (Wildman–Crippen MR) is 103 cm³/mol. The molecule has 0 aromatic heterocycles. The van der Waals surface area contributed by atoms with Crippen LogP contribution in [0.2, 0.25) is 0 Å². The second-order valence-corrected chi connectivity index (χ2v) is 6.37. The molecule has 1 unspecified atom stereocenters. The van der Waals surface area contributed by atoms with E-state index in [1.165, 1.54) is 5.56 Å². The van der Waals surface area contributed by atoms with Crippen LogP contribution in [-0.2, 0) is 6.54 Å². The third kappa shape index (κ3) is 4.89. The van der Waals surface area contributed by atoms with E-state index >= 15 is 0 Å².